The third-order valence-electron chi connectivity index (χ3n) is 5.52. The average molecular weight is 403 g/mol. The van der Waals surface area contributed by atoms with Crippen LogP contribution in [0, 0.1) is 0 Å². The molecule has 2 aliphatic rings. The van der Waals surface area contributed by atoms with Crippen LogP contribution in [-0.4, -0.2) is 24.1 Å². The van der Waals surface area contributed by atoms with E-state index in [2.05, 4.69) is 65.9 Å². The van der Waals surface area contributed by atoms with E-state index in [0.29, 0.717) is 0 Å². The fourth-order valence-corrected chi connectivity index (χ4v) is 4.39. The monoisotopic (exact) mass is 402 g/mol. The van der Waals surface area contributed by atoms with Crippen LogP contribution >= 0.6 is 11.8 Å². The lowest BCUT2D eigenvalue weighted by Crippen LogP contribution is -2.33. The van der Waals surface area contributed by atoms with Crippen LogP contribution in [0.1, 0.15) is 35.4 Å². The van der Waals surface area contributed by atoms with Gasteiger partial charge >= 0.3 is 0 Å². The van der Waals surface area contributed by atoms with Gasteiger partial charge in [0.05, 0.1) is 18.9 Å². The van der Waals surface area contributed by atoms with E-state index in [1.54, 1.807) is 18.9 Å². The quantitative estimate of drug-likeness (QED) is 0.528. The standard InChI is InChI=1S/C24H22N2O2S/c1-27-18-11-7-16(8-12-18)21-15-22-20-5-3-4-6-23(20)28-24(26(22)25-21)17-9-13-19(29-2)14-10-17/h3-14,22,24H,15H2,1-2H3/t22-,24-/m1/s1. The van der Waals surface area contributed by atoms with Gasteiger partial charge in [0.1, 0.15) is 11.5 Å². The number of hydrogen-bond acceptors (Lipinski definition) is 5. The molecule has 0 radical (unpaired) electrons. The second-order valence-electron chi connectivity index (χ2n) is 7.16. The number of nitrogens with zero attached hydrogens (tertiary/aromatic N) is 2. The molecule has 0 amide bonds. The number of ether oxygens (including phenoxy) is 2. The number of methoxy groups -OCH3 is 1. The zero-order valence-corrected chi connectivity index (χ0v) is 17.2. The predicted molar refractivity (Wildman–Crippen MR) is 117 cm³/mol. The molecule has 0 fully saturated rings. The normalized spacial score (nSPS) is 19.8. The first kappa shape index (κ1) is 18.1. The Labute approximate surface area is 175 Å². The van der Waals surface area contributed by atoms with Gasteiger partial charge in [-0.25, -0.2) is 5.01 Å². The Balaban J connectivity index is 1.54. The van der Waals surface area contributed by atoms with Crippen molar-refractivity contribution in [3.05, 3.63) is 89.5 Å². The van der Waals surface area contributed by atoms with E-state index in [1.165, 1.54) is 10.5 Å². The molecule has 5 rings (SSSR count). The van der Waals surface area contributed by atoms with E-state index in [4.69, 9.17) is 14.6 Å². The summed E-state index contributed by atoms with van der Waals surface area (Å²) in [5.74, 6) is 1.80. The van der Waals surface area contributed by atoms with Crippen molar-refractivity contribution in [3.8, 4) is 11.5 Å². The third-order valence-corrected chi connectivity index (χ3v) is 6.27. The lowest BCUT2D eigenvalue weighted by molar-refractivity contribution is -0.0190. The molecule has 0 spiro atoms. The zero-order chi connectivity index (χ0) is 19.8. The summed E-state index contributed by atoms with van der Waals surface area (Å²) in [6.45, 7) is 0. The Bertz CT molecular complexity index is 1050. The first-order valence-corrected chi connectivity index (χ1v) is 10.9. The van der Waals surface area contributed by atoms with Crippen molar-refractivity contribution in [2.24, 2.45) is 5.10 Å². The Morgan fingerprint density at radius 3 is 2.48 bits per heavy atom. The Morgan fingerprint density at radius 2 is 1.76 bits per heavy atom. The first-order valence-electron chi connectivity index (χ1n) is 9.66. The van der Waals surface area contributed by atoms with Crippen LogP contribution in [0.3, 0.4) is 0 Å². The number of thioether (sulfide) groups is 1. The van der Waals surface area contributed by atoms with Crippen molar-refractivity contribution in [1.82, 2.24) is 5.01 Å². The number of benzene rings is 3. The van der Waals surface area contributed by atoms with Gasteiger partial charge in [0, 0.05) is 22.4 Å². The van der Waals surface area contributed by atoms with Gasteiger partial charge in [-0.1, -0.05) is 30.3 Å². The van der Waals surface area contributed by atoms with E-state index in [0.717, 1.165) is 34.8 Å². The van der Waals surface area contributed by atoms with Gasteiger partial charge in [0.2, 0.25) is 6.23 Å². The highest BCUT2D eigenvalue weighted by atomic mass is 32.2. The van der Waals surface area contributed by atoms with Gasteiger partial charge in [-0.3, -0.25) is 0 Å². The Kier molecular flexibility index (Phi) is 4.68. The van der Waals surface area contributed by atoms with Gasteiger partial charge in [-0.15, -0.1) is 11.8 Å². The summed E-state index contributed by atoms with van der Waals surface area (Å²) in [5, 5.41) is 7.14. The minimum Gasteiger partial charge on any atom is -0.497 e. The van der Waals surface area contributed by atoms with Gasteiger partial charge in [-0.05, 0) is 54.3 Å². The van der Waals surface area contributed by atoms with Crippen molar-refractivity contribution in [2.75, 3.05) is 13.4 Å². The highest BCUT2D eigenvalue weighted by Gasteiger charge is 2.40. The van der Waals surface area contributed by atoms with E-state index in [-0.39, 0.29) is 12.3 Å². The SMILES string of the molecule is COc1ccc(C2=NN3[C@H](C2)c2ccccc2O[C@@H]3c2ccc(SC)cc2)cc1. The summed E-state index contributed by atoms with van der Waals surface area (Å²) in [4.78, 5) is 1.24. The maximum Gasteiger partial charge on any atom is 0.213 e. The fraction of sp³-hybridized carbons (Fsp3) is 0.208. The van der Waals surface area contributed by atoms with Crippen molar-refractivity contribution in [3.63, 3.8) is 0 Å². The molecular weight excluding hydrogens is 380 g/mol. The van der Waals surface area contributed by atoms with Gasteiger partial charge in [0.25, 0.3) is 0 Å². The number of para-hydroxylation sites is 1. The molecule has 0 aromatic heterocycles. The first-order chi connectivity index (χ1) is 14.3. The second-order valence-corrected chi connectivity index (χ2v) is 8.04. The fourth-order valence-electron chi connectivity index (χ4n) is 3.98. The summed E-state index contributed by atoms with van der Waals surface area (Å²) < 4.78 is 11.7. The molecule has 2 atom stereocenters. The molecule has 0 aliphatic carbocycles. The molecule has 0 N–H and O–H groups in total. The molecule has 0 saturated carbocycles. The predicted octanol–water partition coefficient (Wildman–Crippen LogP) is 5.66. The second kappa shape index (κ2) is 7.48. The Hall–Kier alpha value is -2.92. The topological polar surface area (TPSA) is 34.1 Å². The lowest BCUT2D eigenvalue weighted by atomic mass is 9.96. The smallest absolute Gasteiger partial charge is 0.213 e. The maximum atomic E-state index is 6.42. The number of hydrogen-bond donors (Lipinski definition) is 0. The molecule has 3 aromatic carbocycles. The molecule has 0 bridgehead atoms. The highest BCUT2D eigenvalue weighted by molar-refractivity contribution is 7.98. The average Bonchev–Trinajstić information content (AvgIpc) is 3.24. The van der Waals surface area contributed by atoms with Gasteiger partial charge in [0.15, 0.2) is 0 Å². The highest BCUT2D eigenvalue weighted by Crippen LogP contribution is 2.47. The molecule has 29 heavy (non-hydrogen) atoms. The summed E-state index contributed by atoms with van der Waals surface area (Å²) in [6.07, 6.45) is 2.71. The van der Waals surface area contributed by atoms with Crippen LogP contribution in [-0.2, 0) is 0 Å². The van der Waals surface area contributed by atoms with Crippen LogP contribution in [0.25, 0.3) is 0 Å². The molecule has 0 saturated heterocycles. The van der Waals surface area contributed by atoms with E-state index < -0.39 is 0 Å². The lowest BCUT2D eigenvalue weighted by Gasteiger charge is -2.38. The van der Waals surface area contributed by atoms with Crippen LogP contribution in [0.15, 0.2) is 82.8 Å². The summed E-state index contributed by atoms with van der Waals surface area (Å²) in [7, 11) is 1.68. The largest absolute Gasteiger partial charge is 0.497 e. The van der Waals surface area contributed by atoms with Gasteiger partial charge in [-0.2, -0.15) is 5.10 Å². The van der Waals surface area contributed by atoms with Crippen molar-refractivity contribution < 1.29 is 9.47 Å². The van der Waals surface area contributed by atoms with E-state index in [1.807, 2.05) is 18.2 Å². The van der Waals surface area contributed by atoms with Crippen LogP contribution < -0.4 is 9.47 Å². The van der Waals surface area contributed by atoms with Crippen molar-refractivity contribution in [2.45, 2.75) is 23.6 Å². The van der Waals surface area contributed by atoms with Crippen LogP contribution in [0.2, 0.25) is 0 Å². The molecule has 4 nitrogen and oxygen atoms in total. The minimum absolute atomic E-state index is 0.169. The third kappa shape index (κ3) is 3.25. The molecular formula is C24H22N2O2S. The van der Waals surface area contributed by atoms with Crippen molar-refractivity contribution >= 4 is 17.5 Å². The van der Waals surface area contributed by atoms with E-state index >= 15 is 0 Å². The molecule has 2 aliphatic heterocycles. The Morgan fingerprint density at radius 1 is 1.00 bits per heavy atom. The van der Waals surface area contributed by atoms with Crippen LogP contribution in [0.5, 0.6) is 11.5 Å². The van der Waals surface area contributed by atoms with Crippen molar-refractivity contribution in [1.29, 1.82) is 0 Å². The number of rotatable bonds is 4. The van der Waals surface area contributed by atoms with Gasteiger partial charge < -0.3 is 9.47 Å². The number of hydrazone groups is 1. The molecule has 146 valence electrons. The summed E-state index contributed by atoms with van der Waals surface area (Å²) in [6, 6.07) is 25.2. The molecule has 5 heteroatoms. The number of fused-ring (bicyclic) bond motifs is 3. The van der Waals surface area contributed by atoms with Crippen LogP contribution in [0.4, 0.5) is 0 Å². The summed E-state index contributed by atoms with van der Waals surface area (Å²) in [5.41, 5.74) is 4.50. The zero-order valence-electron chi connectivity index (χ0n) is 16.4. The maximum absolute atomic E-state index is 6.42. The summed E-state index contributed by atoms with van der Waals surface area (Å²) >= 11 is 1.74. The minimum atomic E-state index is -0.235. The molecule has 0 unspecified atom stereocenters. The molecule has 3 aromatic rings. The molecule has 2 heterocycles. The van der Waals surface area contributed by atoms with E-state index in [9.17, 15) is 0 Å².